The SMILES string of the molecule is CCCCCCCNc1nnc(SCc2ccc(C)cc2)s1. The van der Waals surface area contributed by atoms with Gasteiger partial charge in [-0.2, -0.15) is 0 Å². The molecule has 1 heterocycles. The molecule has 0 unspecified atom stereocenters. The zero-order chi connectivity index (χ0) is 15.6. The maximum absolute atomic E-state index is 4.25. The largest absolute Gasteiger partial charge is 0.360 e. The van der Waals surface area contributed by atoms with Crippen LogP contribution in [0.2, 0.25) is 0 Å². The monoisotopic (exact) mass is 335 g/mol. The third-order valence-electron chi connectivity index (χ3n) is 3.45. The summed E-state index contributed by atoms with van der Waals surface area (Å²) in [4.78, 5) is 0. The number of nitrogens with one attached hydrogen (secondary N) is 1. The number of hydrogen-bond donors (Lipinski definition) is 1. The first-order chi connectivity index (χ1) is 10.8. The lowest BCUT2D eigenvalue weighted by atomic mass is 10.1. The molecule has 0 saturated heterocycles. The number of aromatic nitrogens is 2. The highest BCUT2D eigenvalue weighted by Crippen LogP contribution is 2.28. The maximum atomic E-state index is 4.25. The molecule has 0 aliphatic rings. The van der Waals surface area contributed by atoms with Crippen molar-refractivity contribution in [2.75, 3.05) is 11.9 Å². The Balaban J connectivity index is 1.66. The summed E-state index contributed by atoms with van der Waals surface area (Å²) < 4.78 is 1.04. The van der Waals surface area contributed by atoms with E-state index in [1.165, 1.54) is 43.2 Å². The van der Waals surface area contributed by atoms with Crippen LogP contribution in [-0.4, -0.2) is 16.7 Å². The van der Waals surface area contributed by atoms with Crippen LogP contribution < -0.4 is 5.32 Å². The van der Waals surface area contributed by atoms with Crippen molar-refractivity contribution in [3.05, 3.63) is 35.4 Å². The second kappa shape index (κ2) is 9.85. The van der Waals surface area contributed by atoms with Gasteiger partial charge in [0.15, 0.2) is 4.34 Å². The number of thioether (sulfide) groups is 1. The Hall–Kier alpha value is -1.07. The lowest BCUT2D eigenvalue weighted by molar-refractivity contribution is 0.645. The van der Waals surface area contributed by atoms with E-state index in [1.807, 2.05) is 0 Å². The van der Waals surface area contributed by atoms with Crippen molar-refractivity contribution in [2.24, 2.45) is 0 Å². The van der Waals surface area contributed by atoms with Crippen LogP contribution in [0.4, 0.5) is 5.13 Å². The van der Waals surface area contributed by atoms with E-state index in [9.17, 15) is 0 Å². The van der Waals surface area contributed by atoms with Crippen LogP contribution in [0.15, 0.2) is 28.6 Å². The van der Waals surface area contributed by atoms with Gasteiger partial charge in [-0.1, -0.05) is 85.5 Å². The molecular weight excluding hydrogens is 310 g/mol. The summed E-state index contributed by atoms with van der Waals surface area (Å²) in [6.07, 6.45) is 6.50. The molecular formula is C17H25N3S2. The standard InChI is InChI=1S/C17H25N3S2/c1-3-4-5-6-7-12-18-16-19-20-17(22-16)21-13-15-10-8-14(2)9-11-15/h8-11H,3-7,12-13H2,1-2H3,(H,18,19). The molecule has 0 saturated carbocycles. The normalized spacial score (nSPS) is 10.8. The van der Waals surface area contributed by atoms with Gasteiger partial charge in [0.25, 0.3) is 0 Å². The minimum absolute atomic E-state index is 0.946. The van der Waals surface area contributed by atoms with Gasteiger partial charge in [-0.15, -0.1) is 10.2 Å². The van der Waals surface area contributed by atoms with Crippen molar-refractivity contribution in [3.63, 3.8) is 0 Å². The van der Waals surface area contributed by atoms with Gasteiger partial charge in [0.2, 0.25) is 5.13 Å². The van der Waals surface area contributed by atoms with Crippen LogP contribution in [0.3, 0.4) is 0 Å². The Bertz CT molecular complexity index is 537. The van der Waals surface area contributed by atoms with Crippen LogP contribution in [0, 0.1) is 6.92 Å². The molecule has 0 aliphatic heterocycles. The fourth-order valence-corrected chi connectivity index (χ4v) is 3.83. The molecule has 2 aromatic rings. The van der Waals surface area contributed by atoms with E-state index in [1.54, 1.807) is 23.1 Å². The van der Waals surface area contributed by atoms with Gasteiger partial charge in [-0.3, -0.25) is 0 Å². The van der Waals surface area contributed by atoms with E-state index >= 15 is 0 Å². The van der Waals surface area contributed by atoms with E-state index < -0.39 is 0 Å². The molecule has 0 radical (unpaired) electrons. The Labute approximate surface area is 141 Å². The van der Waals surface area contributed by atoms with Crippen LogP contribution in [-0.2, 0) is 5.75 Å². The van der Waals surface area contributed by atoms with Crippen LogP contribution in [0.1, 0.15) is 50.2 Å². The van der Waals surface area contributed by atoms with Gasteiger partial charge in [0.1, 0.15) is 0 Å². The average molecular weight is 336 g/mol. The van der Waals surface area contributed by atoms with Crippen molar-refractivity contribution in [1.82, 2.24) is 10.2 Å². The first-order valence-corrected chi connectivity index (χ1v) is 9.84. The molecule has 2 rings (SSSR count). The van der Waals surface area contributed by atoms with Crippen LogP contribution >= 0.6 is 23.1 Å². The predicted molar refractivity (Wildman–Crippen MR) is 97.9 cm³/mol. The minimum atomic E-state index is 0.946. The highest BCUT2D eigenvalue weighted by Gasteiger charge is 2.04. The van der Waals surface area contributed by atoms with E-state index in [0.717, 1.165) is 21.8 Å². The van der Waals surface area contributed by atoms with E-state index in [4.69, 9.17) is 0 Å². The van der Waals surface area contributed by atoms with Crippen molar-refractivity contribution < 1.29 is 0 Å². The molecule has 5 heteroatoms. The fourth-order valence-electron chi connectivity index (χ4n) is 2.09. The Morgan fingerprint density at radius 1 is 1.05 bits per heavy atom. The molecule has 0 amide bonds. The van der Waals surface area contributed by atoms with Gasteiger partial charge < -0.3 is 5.32 Å². The minimum Gasteiger partial charge on any atom is -0.360 e. The number of rotatable bonds is 10. The number of hydrogen-bond acceptors (Lipinski definition) is 5. The molecule has 1 N–H and O–H groups in total. The number of nitrogens with zero attached hydrogens (tertiary/aromatic N) is 2. The molecule has 0 atom stereocenters. The number of benzene rings is 1. The number of unbranched alkanes of at least 4 members (excludes halogenated alkanes) is 4. The summed E-state index contributed by atoms with van der Waals surface area (Å²) in [6, 6.07) is 8.67. The Morgan fingerprint density at radius 3 is 2.59 bits per heavy atom. The zero-order valence-electron chi connectivity index (χ0n) is 13.5. The van der Waals surface area contributed by atoms with Gasteiger partial charge >= 0.3 is 0 Å². The van der Waals surface area contributed by atoms with Gasteiger partial charge in [-0.25, -0.2) is 0 Å². The fraction of sp³-hybridized carbons (Fsp3) is 0.529. The summed E-state index contributed by atoms with van der Waals surface area (Å²) in [5, 5.41) is 12.8. The predicted octanol–water partition coefficient (Wildman–Crippen LogP) is 5.52. The van der Waals surface area contributed by atoms with Crippen molar-refractivity contribution in [2.45, 2.75) is 56.0 Å². The Morgan fingerprint density at radius 2 is 1.82 bits per heavy atom. The molecule has 0 fully saturated rings. The van der Waals surface area contributed by atoms with E-state index in [2.05, 4.69) is 53.6 Å². The number of anilines is 1. The van der Waals surface area contributed by atoms with Crippen molar-refractivity contribution in [3.8, 4) is 0 Å². The smallest absolute Gasteiger partial charge is 0.206 e. The summed E-state index contributed by atoms with van der Waals surface area (Å²) >= 11 is 3.41. The highest BCUT2D eigenvalue weighted by atomic mass is 32.2. The van der Waals surface area contributed by atoms with Crippen LogP contribution in [0.5, 0.6) is 0 Å². The second-order valence-corrected chi connectivity index (χ2v) is 7.69. The number of aryl methyl sites for hydroxylation is 1. The van der Waals surface area contributed by atoms with Crippen LogP contribution in [0.25, 0.3) is 0 Å². The third kappa shape index (κ3) is 6.36. The maximum Gasteiger partial charge on any atom is 0.206 e. The van der Waals surface area contributed by atoms with Gasteiger partial charge in [0.05, 0.1) is 0 Å². The molecule has 0 spiro atoms. The second-order valence-electron chi connectivity index (χ2n) is 5.49. The summed E-state index contributed by atoms with van der Waals surface area (Å²) in [5.74, 6) is 0.950. The average Bonchev–Trinajstić information content (AvgIpc) is 2.98. The Kier molecular flexibility index (Phi) is 7.74. The van der Waals surface area contributed by atoms with Gasteiger partial charge in [-0.05, 0) is 18.9 Å². The molecule has 22 heavy (non-hydrogen) atoms. The molecule has 120 valence electrons. The summed E-state index contributed by atoms with van der Waals surface area (Å²) in [7, 11) is 0. The molecule has 0 aliphatic carbocycles. The van der Waals surface area contributed by atoms with E-state index in [0.29, 0.717) is 0 Å². The quantitative estimate of drug-likeness (QED) is 0.458. The molecule has 1 aromatic carbocycles. The van der Waals surface area contributed by atoms with E-state index in [-0.39, 0.29) is 0 Å². The lowest BCUT2D eigenvalue weighted by Crippen LogP contribution is -2.00. The highest BCUT2D eigenvalue weighted by molar-refractivity contribution is 8.00. The molecule has 1 aromatic heterocycles. The topological polar surface area (TPSA) is 37.8 Å². The third-order valence-corrected chi connectivity index (χ3v) is 5.53. The molecule has 3 nitrogen and oxygen atoms in total. The zero-order valence-corrected chi connectivity index (χ0v) is 15.1. The lowest BCUT2D eigenvalue weighted by Gasteiger charge is -2.01. The summed E-state index contributed by atoms with van der Waals surface area (Å²) in [5.41, 5.74) is 2.63. The molecule has 0 bridgehead atoms. The first kappa shape index (κ1) is 17.3. The van der Waals surface area contributed by atoms with Gasteiger partial charge in [0, 0.05) is 12.3 Å². The summed E-state index contributed by atoms with van der Waals surface area (Å²) in [6.45, 7) is 5.36. The van der Waals surface area contributed by atoms with Crippen molar-refractivity contribution in [1.29, 1.82) is 0 Å². The first-order valence-electron chi connectivity index (χ1n) is 8.03. The van der Waals surface area contributed by atoms with Crippen molar-refractivity contribution >= 4 is 28.2 Å².